The van der Waals surface area contributed by atoms with E-state index >= 15 is 0 Å². The number of ether oxygens (including phenoxy) is 2. The highest BCUT2D eigenvalue weighted by atomic mass is 32.2. The highest BCUT2D eigenvalue weighted by molar-refractivity contribution is 7.91. The summed E-state index contributed by atoms with van der Waals surface area (Å²) in [6.07, 6.45) is 2.30. The van der Waals surface area contributed by atoms with Gasteiger partial charge in [0.05, 0.1) is 17.6 Å². The van der Waals surface area contributed by atoms with Crippen LogP contribution in [0.1, 0.15) is 35.2 Å². The molecule has 0 saturated carbocycles. The van der Waals surface area contributed by atoms with E-state index in [0.717, 1.165) is 24.2 Å². The molecule has 6 nitrogen and oxygen atoms in total. The number of hydrogen-bond donors (Lipinski definition) is 0. The van der Waals surface area contributed by atoms with Crippen molar-refractivity contribution in [1.82, 2.24) is 4.90 Å². The summed E-state index contributed by atoms with van der Waals surface area (Å²) in [5.41, 5.74) is 1.33. The van der Waals surface area contributed by atoms with Crippen LogP contribution in [0.25, 0.3) is 0 Å². The van der Waals surface area contributed by atoms with Gasteiger partial charge >= 0.3 is 0 Å². The first-order valence-corrected chi connectivity index (χ1v) is 12.2. The molecule has 0 aromatic heterocycles. The quantitative estimate of drug-likeness (QED) is 0.676. The van der Waals surface area contributed by atoms with Gasteiger partial charge in [-0.15, -0.1) is 0 Å². The highest BCUT2D eigenvalue weighted by Gasteiger charge is 2.37. The summed E-state index contributed by atoms with van der Waals surface area (Å²) >= 11 is 0. The molecule has 2 aliphatic heterocycles. The van der Waals surface area contributed by atoms with Gasteiger partial charge in [0.15, 0.2) is 9.84 Å². The first-order valence-electron chi connectivity index (χ1n) is 10.4. The maximum atomic E-state index is 13.6. The van der Waals surface area contributed by atoms with Crippen LogP contribution in [0.3, 0.4) is 0 Å². The molecule has 30 heavy (non-hydrogen) atoms. The predicted molar refractivity (Wildman–Crippen MR) is 114 cm³/mol. The van der Waals surface area contributed by atoms with E-state index in [0.29, 0.717) is 25.1 Å². The van der Waals surface area contributed by atoms with E-state index in [1.54, 1.807) is 11.0 Å². The largest absolute Gasteiger partial charge is 0.489 e. The van der Waals surface area contributed by atoms with Gasteiger partial charge in [-0.3, -0.25) is 4.79 Å². The van der Waals surface area contributed by atoms with Crippen molar-refractivity contribution >= 4 is 15.7 Å². The average Bonchev–Trinajstić information content (AvgIpc) is 3.40. The molecule has 1 amide bonds. The molecule has 0 N–H and O–H groups in total. The molecule has 2 aromatic carbocycles. The predicted octanol–water partition coefficient (Wildman–Crippen LogP) is 3.07. The van der Waals surface area contributed by atoms with Gasteiger partial charge in [-0.25, -0.2) is 8.42 Å². The van der Waals surface area contributed by atoms with Crippen LogP contribution in [-0.2, 0) is 21.2 Å². The smallest absolute Gasteiger partial charge is 0.254 e. The maximum absolute atomic E-state index is 13.6. The number of rotatable bonds is 7. The Kier molecular flexibility index (Phi) is 6.39. The fraction of sp³-hybridized carbons (Fsp3) is 0.435. The number of para-hydroxylation sites is 1. The monoisotopic (exact) mass is 429 g/mol. The van der Waals surface area contributed by atoms with Crippen LogP contribution < -0.4 is 4.74 Å². The van der Waals surface area contributed by atoms with Crippen molar-refractivity contribution in [1.29, 1.82) is 0 Å². The van der Waals surface area contributed by atoms with Crippen molar-refractivity contribution in [3.63, 3.8) is 0 Å². The fourth-order valence-corrected chi connectivity index (χ4v) is 5.84. The van der Waals surface area contributed by atoms with E-state index in [1.807, 2.05) is 48.5 Å². The normalized spacial score (nSPS) is 22.7. The molecule has 0 radical (unpaired) electrons. The number of nitrogens with zero attached hydrogens (tertiary/aromatic N) is 1. The zero-order valence-corrected chi connectivity index (χ0v) is 17.7. The second-order valence-electron chi connectivity index (χ2n) is 7.91. The molecule has 2 heterocycles. The second kappa shape index (κ2) is 9.18. The maximum Gasteiger partial charge on any atom is 0.254 e. The van der Waals surface area contributed by atoms with Crippen LogP contribution >= 0.6 is 0 Å². The van der Waals surface area contributed by atoms with Gasteiger partial charge in [0.2, 0.25) is 0 Å². The molecule has 2 atom stereocenters. The van der Waals surface area contributed by atoms with E-state index in [-0.39, 0.29) is 36.2 Å². The third kappa shape index (κ3) is 5.02. The number of sulfone groups is 1. The lowest BCUT2D eigenvalue weighted by Crippen LogP contribution is -2.45. The zero-order chi connectivity index (χ0) is 21.0. The van der Waals surface area contributed by atoms with Crippen molar-refractivity contribution in [3.05, 3.63) is 65.7 Å². The van der Waals surface area contributed by atoms with Crippen LogP contribution in [0.5, 0.6) is 5.75 Å². The Hall–Kier alpha value is -2.38. The van der Waals surface area contributed by atoms with Gasteiger partial charge in [-0.2, -0.15) is 0 Å². The van der Waals surface area contributed by atoms with Crippen molar-refractivity contribution in [3.8, 4) is 5.75 Å². The first kappa shape index (κ1) is 20.9. The lowest BCUT2D eigenvalue weighted by atomic mass is 10.0. The Balaban J connectivity index is 1.56. The number of benzene rings is 2. The SMILES string of the molecule is O=C(c1ccccc1COc1ccccc1)N(C[C@@H]1CCCO1)[C@H]1CCS(=O)(=O)C1. The number of carbonyl (C=O) groups excluding carboxylic acids is 1. The summed E-state index contributed by atoms with van der Waals surface area (Å²) in [4.78, 5) is 15.3. The molecule has 2 fully saturated rings. The van der Waals surface area contributed by atoms with Gasteiger partial charge in [0, 0.05) is 30.3 Å². The van der Waals surface area contributed by atoms with Gasteiger partial charge in [0.25, 0.3) is 5.91 Å². The fourth-order valence-electron chi connectivity index (χ4n) is 4.11. The summed E-state index contributed by atoms with van der Waals surface area (Å²) in [7, 11) is -3.11. The number of carbonyl (C=O) groups is 1. The van der Waals surface area contributed by atoms with Gasteiger partial charge in [0.1, 0.15) is 12.4 Å². The second-order valence-corrected chi connectivity index (χ2v) is 10.1. The van der Waals surface area contributed by atoms with Crippen LogP contribution in [0, 0.1) is 0 Å². The van der Waals surface area contributed by atoms with Crippen LogP contribution in [-0.4, -0.2) is 56.0 Å². The minimum Gasteiger partial charge on any atom is -0.489 e. The van der Waals surface area contributed by atoms with E-state index in [2.05, 4.69) is 0 Å². The Morgan fingerprint density at radius 2 is 1.83 bits per heavy atom. The van der Waals surface area contributed by atoms with Crippen LogP contribution in [0.2, 0.25) is 0 Å². The Morgan fingerprint density at radius 3 is 2.53 bits per heavy atom. The minimum atomic E-state index is -3.11. The third-order valence-electron chi connectivity index (χ3n) is 5.72. The molecule has 2 saturated heterocycles. The third-order valence-corrected chi connectivity index (χ3v) is 7.47. The van der Waals surface area contributed by atoms with Gasteiger partial charge in [-0.05, 0) is 37.5 Å². The first-order chi connectivity index (χ1) is 14.5. The number of amides is 1. The van der Waals surface area contributed by atoms with E-state index in [9.17, 15) is 13.2 Å². The standard InChI is InChI=1S/C23H27NO5S/c25-23(22-11-5-4-7-18(22)16-29-20-8-2-1-3-9-20)24(15-21-10-6-13-28-21)19-12-14-30(26,27)17-19/h1-5,7-9,11,19,21H,6,10,12-17H2/t19-,21-/m0/s1. The van der Waals surface area contributed by atoms with Crippen molar-refractivity contribution in [2.45, 2.75) is 38.0 Å². The molecule has 2 aliphatic rings. The van der Waals surface area contributed by atoms with Gasteiger partial charge < -0.3 is 14.4 Å². The molecular weight excluding hydrogens is 402 g/mol. The van der Waals surface area contributed by atoms with Gasteiger partial charge in [-0.1, -0.05) is 36.4 Å². The van der Waals surface area contributed by atoms with Crippen molar-refractivity contribution < 1.29 is 22.7 Å². The molecule has 2 aromatic rings. The molecule has 0 bridgehead atoms. The summed E-state index contributed by atoms with van der Waals surface area (Å²) in [5, 5.41) is 0. The van der Waals surface area contributed by atoms with Crippen molar-refractivity contribution in [2.24, 2.45) is 0 Å². The van der Waals surface area contributed by atoms with Crippen LogP contribution in [0.15, 0.2) is 54.6 Å². The Labute approximate surface area is 177 Å². The van der Waals surface area contributed by atoms with Crippen LogP contribution in [0.4, 0.5) is 0 Å². The molecule has 4 rings (SSSR count). The van der Waals surface area contributed by atoms with E-state index in [1.165, 1.54) is 0 Å². The molecule has 0 spiro atoms. The Morgan fingerprint density at radius 1 is 1.07 bits per heavy atom. The summed E-state index contributed by atoms with van der Waals surface area (Å²) in [6, 6.07) is 16.5. The summed E-state index contributed by atoms with van der Waals surface area (Å²) < 4.78 is 35.8. The summed E-state index contributed by atoms with van der Waals surface area (Å²) in [6.45, 7) is 1.38. The molecular formula is C23H27NO5S. The molecule has 160 valence electrons. The van der Waals surface area contributed by atoms with Crippen molar-refractivity contribution in [2.75, 3.05) is 24.7 Å². The highest BCUT2D eigenvalue weighted by Crippen LogP contribution is 2.25. The van der Waals surface area contributed by atoms with E-state index in [4.69, 9.17) is 9.47 Å². The number of hydrogen-bond acceptors (Lipinski definition) is 5. The lowest BCUT2D eigenvalue weighted by molar-refractivity contribution is 0.0439. The zero-order valence-electron chi connectivity index (χ0n) is 16.9. The Bertz CT molecular complexity index is 970. The van der Waals surface area contributed by atoms with E-state index < -0.39 is 9.84 Å². The molecule has 0 unspecified atom stereocenters. The lowest BCUT2D eigenvalue weighted by Gasteiger charge is -2.31. The average molecular weight is 430 g/mol. The minimum absolute atomic E-state index is 0.0220. The molecule has 7 heteroatoms. The summed E-state index contributed by atoms with van der Waals surface area (Å²) in [5.74, 6) is 0.734. The topological polar surface area (TPSA) is 72.9 Å². The molecule has 0 aliphatic carbocycles.